The highest BCUT2D eigenvalue weighted by Gasteiger charge is 2.05. The molecule has 2 rings (SSSR count). The first kappa shape index (κ1) is 13.4. The molecule has 0 saturated carbocycles. The summed E-state index contributed by atoms with van der Waals surface area (Å²) in [5.74, 6) is -1.55. The molecule has 0 unspecified atom stereocenters. The Morgan fingerprint density at radius 2 is 1.33 bits per heavy atom. The molecule has 0 radical (unpaired) electrons. The Kier molecular flexibility index (Phi) is 4.57. The van der Waals surface area contributed by atoms with Crippen LogP contribution in [0.5, 0.6) is 5.75 Å². The van der Waals surface area contributed by atoms with Crippen molar-refractivity contribution in [3.63, 3.8) is 0 Å². The third-order valence-electron chi connectivity index (χ3n) is 1.96. The van der Waals surface area contributed by atoms with Gasteiger partial charge in [-0.1, -0.05) is 12.1 Å². The molecular weight excluding hydrogens is 236 g/mol. The summed E-state index contributed by atoms with van der Waals surface area (Å²) in [7, 11) is 0. The summed E-state index contributed by atoms with van der Waals surface area (Å²) in [5, 5.41) is 17.3. The van der Waals surface area contributed by atoms with Gasteiger partial charge in [-0.15, -0.1) is 0 Å². The zero-order valence-electron chi connectivity index (χ0n) is 9.24. The molecule has 1 aromatic rings. The number of carboxylic acids is 1. The number of carbonyl (C=O) groups excluding carboxylic acids is 2. The first-order chi connectivity index (χ1) is 8.50. The Bertz CT molecular complexity index is 502. The molecule has 0 spiro atoms. The highest BCUT2D eigenvalue weighted by Crippen LogP contribution is 2.14. The van der Waals surface area contributed by atoms with Gasteiger partial charge in [0.1, 0.15) is 11.3 Å². The molecule has 1 aromatic carbocycles. The zero-order valence-corrected chi connectivity index (χ0v) is 9.24. The lowest BCUT2D eigenvalue weighted by atomic mass is 10.2. The average molecular weight is 246 g/mol. The van der Waals surface area contributed by atoms with Crippen LogP contribution in [0.25, 0.3) is 0 Å². The van der Waals surface area contributed by atoms with Gasteiger partial charge in [0.05, 0.1) is 0 Å². The summed E-state index contributed by atoms with van der Waals surface area (Å²) >= 11 is 0. The highest BCUT2D eigenvalue weighted by molar-refractivity contribution is 6.14. The van der Waals surface area contributed by atoms with E-state index in [0.29, 0.717) is 0 Å². The average Bonchev–Trinajstić information content (AvgIpc) is 2.34. The third-order valence-corrected chi connectivity index (χ3v) is 1.96. The van der Waals surface area contributed by atoms with Crippen molar-refractivity contribution >= 4 is 17.5 Å². The van der Waals surface area contributed by atoms with Gasteiger partial charge in [0.2, 0.25) is 0 Å². The second-order valence-corrected chi connectivity index (χ2v) is 3.29. The predicted octanol–water partition coefficient (Wildman–Crippen LogP) is 1.34. The summed E-state index contributed by atoms with van der Waals surface area (Å²) in [6.45, 7) is 0. The molecule has 1 aliphatic carbocycles. The van der Waals surface area contributed by atoms with E-state index in [1.807, 2.05) is 0 Å². The van der Waals surface area contributed by atoms with E-state index in [9.17, 15) is 14.4 Å². The molecule has 92 valence electrons. The van der Waals surface area contributed by atoms with Crippen molar-refractivity contribution in [2.75, 3.05) is 0 Å². The predicted molar refractivity (Wildman–Crippen MR) is 63.4 cm³/mol. The standard InChI is InChI=1S/C7H6O3.C6H4O2/c8-6-4-2-1-3-5(6)7(9)10;7-5-1-2-6(8)4-3-5/h1-4,8H,(H,9,10);1-4H. The number of rotatable bonds is 1. The van der Waals surface area contributed by atoms with Crippen molar-refractivity contribution < 1.29 is 24.6 Å². The normalized spacial score (nSPS) is 12.9. The van der Waals surface area contributed by atoms with Crippen molar-refractivity contribution in [1.82, 2.24) is 0 Å². The quantitative estimate of drug-likeness (QED) is 0.729. The number of ketones is 2. The number of phenols is 1. The van der Waals surface area contributed by atoms with Crippen molar-refractivity contribution in [2.24, 2.45) is 0 Å². The van der Waals surface area contributed by atoms with Crippen LogP contribution in [0.3, 0.4) is 0 Å². The molecule has 0 amide bonds. The van der Waals surface area contributed by atoms with Crippen LogP contribution in [0.1, 0.15) is 10.4 Å². The number of hydrogen-bond acceptors (Lipinski definition) is 4. The molecule has 0 aromatic heterocycles. The molecule has 0 fully saturated rings. The van der Waals surface area contributed by atoms with Gasteiger partial charge in [-0.3, -0.25) is 9.59 Å². The lowest BCUT2D eigenvalue weighted by Gasteiger charge is -1.95. The topological polar surface area (TPSA) is 91.7 Å². The number of benzene rings is 1. The maximum Gasteiger partial charge on any atom is 0.339 e. The van der Waals surface area contributed by atoms with E-state index in [2.05, 4.69) is 0 Å². The van der Waals surface area contributed by atoms with Gasteiger partial charge in [-0.05, 0) is 36.4 Å². The molecular formula is C13H10O5. The van der Waals surface area contributed by atoms with Gasteiger partial charge < -0.3 is 10.2 Å². The maximum absolute atomic E-state index is 10.3. The van der Waals surface area contributed by atoms with Gasteiger partial charge in [-0.2, -0.15) is 0 Å². The lowest BCUT2D eigenvalue weighted by Crippen LogP contribution is -1.97. The first-order valence-corrected chi connectivity index (χ1v) is 4.96. The largest absolute Gasteiger partial charge is 0.507 e. The minimum Gasteiger partial charge on any atom is -0.507 e. The SMILES string of the molecule is O=C(O)c1ccccc1O.O=C1C=CC(=O)C=C1. The smallest absolute Gasteiger partial charge is 0.339 e. The second kappa shape index (κ2) is 6.15. The highest BCUT2D eigenvalue weighted by atomic mass is 16.4. The van der Waals surface area contributed by atoms with E-state index in [0.717, 1.165) is 0 Å². The molecule has 18 heavy (non-hydrogen) atoms. The molecule has 0 atom stereocenters. The van der Waals surface area contributed by atoms with Gasteiger partial charge in [-0.25, -0.2) is 4.79 Å². The van der Waals surface area contributed by atoms with Crippen LogP contribution >= 0.6 is 0 Å². The fourth-order valence-electron chi connectivity index (χ4n) is 1.09. The number of hydrogen-bond donors (Lipinski definition) is 2. The molecule has 5 nitrogen and oxygen atoms in total. The van der Waals surface area contributed by atoms with Crippen molar-refractivity contribution in [3.8, 4) is 5.75 Å². The summed E-state index contributed by atoms with van der Waals surface area (Å²) in [4.78, 5) is 30.8. The summed E-state index contributed by atoms with van der Waals surface area (Å²) < 4.78 is 0. The number of para-hydroxylation sites is 1. The Labute approximate surface area is 103 Å². The Morgan fingerprint density at radius 1 is 0.889 bits per heavy atom. The second-order valence-electron chi connectivity index (χ2n) is 3.29. The molecule has 2 N–H and O–H groups in total. The van der Waals surface area contributed by atoms with Crippen LogP contribution in [0.4, 0.5) is 0 Å². The van der Waals surface area contributed by atoms with Gasteiger partial charge in [0, 0.05) is 0 Å². The van der Waals surface area contributed by atoms with Crippen LogP contribution in [-0.2, 0) is 9.59 Å². The van der Waals surface area contributed by atoms with E-state index in [-0.39, 0.29) is 22.9 Å². The zero-order chi connectivity index (χ0) is 13.5. The first-order valence-electron chi connectivity index (χ1n) is 4.96. The minimum atomic E-state index is -1.11. The van der Waals surface area contributed by atoms with E-state index in [1.165, 1.54) is 36.4 Å². The minimum absolute atomic E-state index is 0.0671. The fraction of sp³-hybridized carbons (Fsp3) is 0. The lowest BCUT2D eigenvalue weighted by molar-refractivity contribution is -0.113. The summed E-state index contributed by atoms with van der Waals surface area (Å²) in [6, 6.07) is 5.81. The van der Waals surface area contributed by atoms with Crippen LogP contribution in [0, 0.1) is 0 Å². The Hall–Kier alpha value is -2.69. The van der Waals surface area contributed by atoms with E-state index in [1.54, 1.807) is 12.1 Å². The van der Waals surface area contributed by atoms with Crippen molar-refractivity contribution in [3.05, 3.63) is 54.1 Å². The van der Waals surface area contributed by atoms with Crippen LogP contribution in [0.2, 0.25) is 0 Å². The van der Waals surface area contributed by atoms with Crippen LogP contribution in [0.15, 0.2) is 48.6 Å². The Morgan fingerprint density at radius 3 is 1.67 bits per heavy atom. The van der Waals surface area contributed by atoms with E-state index >= 15 is 0 Å². The molecule has 1 aliphatic rings. The van der Waals surface area contributed by atoms with Crippen LogP contribution < -0.4 is 0 Å². The van der Waals surface area contributed by atoms with E-state index in [4.69, 9.17) is 10.2 Å². The number of carboxylic acid groups (broad SMARTS) is 1. The number of aromatic carboxylic acids is 1. The third kappa shape index (κ3) is 4.05. The molecule has 0 saturated heterocycles. The van der Waals surface area contributed by atoms with E-state index < -0.39 is 5.97 Å². The molecule has 5 heteroatoms. The summed E-state index contributed by atoms with van der Waals surface area (Å²) in [6.07, 6.45) is 5.01. The molecule has 0 bridgehead atoms. The van der Waals surface area contributed by atoms with Crippen LogP contribution in [-0.4, -0.2) is 27.7 Å². The number of carbonyl (C=O) groups is 3. The number of aromatic hydroxyl groups is 1. The van der Waals surface area contributed by atoms with Crippen molar-refractivity contribution in [1.29, 1.82) is 0 Å². The van der Waals surface area contributed by atoms with Crippen molar-refractivity contribution in [2.45, 2.75) is 0 Å². The summed E-state index contributed by atoms with van der Waals surface area (Å²) in [5.41, 5.74) is -0.0671. The van der Waals surface area contributed by atoms with Gasteiger partial charge in [0.25, 0.3) is 0 Å². The molecule has 0 heterocycles. The molecule has 0 aliphatic heterocycles. The fourth-order valence-corrected chi connectivity index (χ4v) is 1.09. The number of allylic oxidation sites excluding steroid dienone is 4. The maximum atomic E-state index is 10.3. The Balaban J connectivity index is 0.000000184. The monoisotopic (exact) mass is 246 g/mol. The van der Waals surface area contributed by atoms with Gasteiger partial charge in [0.15, 0.2) is 11.6 Å². The van der Waals surface area contributed by atoms with Gasteiger partial charge >= 0.3 is 5.97 Å².